The van der Waals surface area contributed by atoms with Crippen LogP contribution in [0.3, 0.4) is 0 Å². The smallest absolute Gasteiger partial charge is 0.0577 e. The largest absolute Gasteiger partial charge is 0.393 e. The third-order valence-electron chi connectivity index (χ3n) is 3.22. The summed E-state index contributed by atoms with van der Waals surface area (Å²) >= 11 is 0. The minimum absolute atomic E-state index is 0.0525. The second kappa shape index (κ2) is 4.43. The first-order valence-corrected chi connectivity index (χ1v) is 5.64. The molecule has 0 heterocycles. The van der Waals surface area contributed by atoms with Crippen molar-refractivity contribution < 1.29 is 9.84 Å². The Morgan fingerprint density at radius 1 is 1.00 bits per heavy atom. The lowest BCUT2D eigenvalue weighted by atomic mass is 9.95. The zero-order chi connectivity index (χ0) is 9.10. The van der Waals surface area contributed by atoms with Crippen molar-refractivity contribution in [1.82, 2.24) is 0 Å². The summed E-state index contributed by atoms with van der Waals surface area (Å²) in [6.45, 7) is 0.950. The van der Waals surface area contributed by atoms with Crippen LogP contribution in [0.2, 0.25) is 0 Å². The third-order valence-corrected chi connectivity index (χ3v) is 3.22. The lowest BCUT2D eigenvalue weighted by Crippen LogP contribution is -2.24. The number of ether oxygens (including phenoxy) is 1. The summed E-state index contributed by atoms with van der Waals surface area (Å²) in [6.07, 6.45) is 8.50. The molecule has 0 aliphatic heterocycles. The van der Waals surface area contributed by atoms with Crippen molar-refractivity contribution in [3.8, 4) is 0 Å². The van der Waals surface area contributed by atoms with Gasteiger partial charge in [0.25, 0.3) is 0 Å². The quantitative estimate of drug-likeness (QED) is 0.725. The van der Waals surface area contributed by atoms with Gasteiger partial charge in [0.15, 0.2) is 0 Å². The Morgan fingerprint density at radius 3 is 2.31 bits per heavy atom. The molecule has 0 radical (unpaired) electrons. The van der Waals surface area contributed by atoms with E-state index in [0.29, 0.717) is 6.10 Å². The number of aliphatic hydroxyl groups is 1. The maximum Gasteiger partial charge on any atom is 0.0577 e. The molecule has 2 aliphatic rings. The average Bonchev–Trinajstić information content (AvgIpc) is 2.92. The molecule has 2 heteroatoms. The van der Waals surface area contributed by atoms with Gasteiger partial charge in [0.1, 0.15) is 0 Å². The zero-order valence-electron chi connectivity index (χ0n) is 8.24. The van der Waals surface area contributed by atoms with Crippen molar-refractivity contribution in [2.45, 2.75) is 57.2 Å². The van der Waals surface area contributed by atoms with Crippen molar-refractivity contribution >= 4 is 0 Å². The standard InChI is InChI=1S/C11H20O2/c12-10-3-5-11(6-4-10)13-8-7-9-1-2-9/h9-12H,1-8H2. The lowest BCUT2D eigenvalue weighted by Gasteiger charge is -2.25. The molecule has 2 rings (SSSR count). The molecule has 0 aromatic carbocycles. The van der Waals surface area contributed by atoms with Gasteiger partial charge in [-0.3, -0.25) is 0 Å². The highest BCUT2D eigenvalue weighted by atomic mass is 16.5. The summed E-state index contributed by atoms with van der Waals surface area (Å²) in [5.74, 6) is 0.981. The molecule has 2 fully saturated rings. The summed E-state index contributed by atoms with van der Waals surface area (Å²) in [6, 6.07) is 0. The predicted molar refractivity (Wildman–Crippen MR) is 51.6 cm³/mol. The van der Waals surface area contributed by atoms with Crippen molar-refractivity contribution in [2.75, 3.05) is 6.61 Å². The molecular weight excluding hydrogens is 164 g/mol. The van der Waals surface area contributed by atoms with E-state index in [1.165, 1.54) is 19.3 Å². The van der Waals surface area contributed by atoms with Crippen LogP contribution >= 0.6 is 0 Å². The fraction of sp³-hybridized carbons (Fsp3) is 1.00. The second-order valence-electron chi connectivity index (χ2n) is 4.53. The molecule has 0 unspecified atom stereocenters. The number of hydrogen-bond donors (Lipinski definition) is 1. The first kappa shape index (κ1) is 9.47. The summed E-state index contributed by atoms with van der Waals surface area (Å²) < 4.78 is 5.77. The van der Waals surface area contributed by atoms with E-state index in [-0.39, 0.29) is 6.10 Å². The Bertz CT molecular complexity index is 146. The highest BCUT2D eigenvalue weighted by Crippen LogP contribution is 2.32. The summed E-state index contributed by atoms with van der Waals surface area (Å²) in [5, 5.41) is 9.30. The molecule has 0 aromatic rings. The van der Waals surface area contributed by atoms with Gasteiger partial charge >= 0.3 is 0 Å². The van der Waals surface area contributed by atoms with Crippen LogP contribution in [0.15, 0.2) is 0 Å². The van der Waals surface area contributed by atoms with Gasteiger partial charge in [0, 0.05) is 6.61 Å². The van der Waals surface area contributed by atoms with Crippen molar-refractivity contribution in [3.05, 3.63) is 0 Å². The average molecular weight is 184 g/mol. The van der Waals surface area contributed by atoms with E-state index in [1.54, 1.807) is 0 Å². The van der Waals surface area contributed by atoms with Crippen LogP contribution in [0.4, 0.5) is 0 Å². The summed E-state index contributed by atoms with van der Waals surface area (Å²) in [7, 11) is 0. The van der Waals surface area contributed by atoms with Crippen LogP contribution in [0, 0.1) is 5.92 Å². The van der Waals surface area contributed by atoms with Crippen molar-refractivity contribution in [3.63, 3.8) is 0 Å². The van der Waals surface area contributed by atoms with E-state index in [1.807, 2.05) is 0 Å². The molecule has 0 aromatic heterocycles. The Morgan fingerprint density at radius 2 is 1.69 bits per heavy atom. The molecule has 2 aliphatic carbocycles. The Hall–Kier alpha value is -0.0800. The second-order valence-corrected chi connectivity index (χ2v) is 4.53. The van der Waals surface area contributed by atoms with Crippen LogP contribution in [0.5, 0.6) is 0 Å². The zero-order valence-corrected chi connectivity index (χ0v) is 8.24. The highest BCUT2D eigenvalue weighted by Gasteiger charge is 2.23. The Labute approximate surface area is 80.3 Å². The number of rotatable bonds is 4. The molecule has 2 nitrogen and oxygen atoms in total. The first-order valence-electron chi connectivity index (χ1n) is 5.64. The van der Waals surface area contributed by atoms with E-state index in [9.17, 15) is 5.11 Å². The van der Waals surface area contributed by atoms with Gasteiger partial charge in [0.2, 0.25) is 0 Å². The number of hydrogen-bond acceptors (Lipinski definition) is 2. The van der Waals surface area contributed by atoms with E-state index < -0.39 is 0 Å². The highest BCUT2D eigenvalue weighted by molar-refractivity contribution is 4.74. The Kier molecular flexibility index (Phi) is 3.23. The minimum Gasteiger partial charge on any atom is -0.393 e. The van der Waals surface area contributed by atoms with Crippen LogP contribution < -0.4 is 0 Å². The summed E-state index contributed by atoms with van der Waals surface area (Å²) in [4.78, 5) is 0. The SMILES string of the molecule is OC1CCC(OCCC2CC2)CC1. The monoisotopic (exact) mass is 184 g/mol. The van der Waals surface area contributed by atoms with Gasteiger partial charge in [-0.15, -0.1) is 0 Å². The van der Waals surface area contributed by atoms with E-state index >= 15 is 0 Å². The van der Waals surface area contributed by atoms with E-state index in [4.69, 9.17) is 4.74 Å². The lowest BCUT2D eigenvalue weighted by molar-refractivity contribution is -0.00518. The molecular formula is C11H20O2. The molecule has 0 saturated heterocycles. The maximum absolute atomic E-state index is 9.30. The fourth-order valence-electron chi connectivity index (χ4n) is 2.02. The van der Waals surface area contributed by atoms with Gasteiger partial charge in [-0.2, -0.15) is 0 Å². The van der Waals surface area contributed by atoms with Crippen molar-refractivity contribution in [1.29, 1.82) is 0 Å². The van der Waals surface area contributed by atoms with Crippen LogP contribution in [0.1, 0.15) is 44.9 Å². The minimum atomic E-state index is -0.0525. The predicted octanol–water partition coefficient (Wildman–Crippen LogP) is 2.11. The fourth-order valence-corrected chi connectivity index (χ4v) is 2.02. The van der Waals surface area contributed by atoms with Crippen molar-refractivity contribution in [2.24, 2.45) is 5.92 Å². The normalized spacial score (nSPS) is 34.8. The molecule has 76 valence electrons. The van der Waals surface area contributed by atoms with Gasteiger partial charge in [-0.05, 0) is 38.0 Å². The summed E-state index contributed by atoms with van der Waals surface area (Å²) in [5.41, 5.74) is 0. The molecule has 2 saturated carbocycles. The van der Waals surface area contributed by atoms with Gasteiger partial charge < -0.3 is 9.84 Å². The molecule has 0 amide bonds. The van der Waals surface area contributed by atoms with Crippen LogP contribution in [-0.2, 0) is 4.74 Å². The van der Waals surface area contributed by atoms with E-state index in [0.717, 1.165) is 38.2 Å². The maximum atomic E-state index is 9.30. The van der Waals surface area contributed by atoms with Gasteiger partial charge in [0.05, 0.1) is 12.2 Å². The first-order chi connectivity index (χ1) is 6.34. The Balaban J connectivity index is 1.53. The van der Waals surface area contributed by atoms with Gasteiger partial charge in [-0.1, -0.05) is 12.8 Å². The molecule has 1 N–H and O–H groups in total. The van der Waals surface area contributed by atoms with Gasteiger partial charge in [-0.25, -0.2) is 0 Å². The molecule has 13 heavy (non-hydrogen) atoms. The third kappa shape index (κ3) is 3.28. The molecule has 0 bridgehead atoms. The van der Waals surface area contributed by atoms with Crippen LogP contribution in [0.25, 0.3) is 0 Å². The topological polar surface area (TPSA) is 29.5 Å². The van der Waals surface area contributed by atoms with Crippen LogP contribution in [-0.4, -0.2) is 23.9 Å². The van der Waals surface area contributed by atoms with E-state index in [2.05, 4.69) is 0 Å². The number of aliphatic hydroxyl groups excluding tert-OH is 1. The molecule has 0 spiro atoms. The molecule has 0 atom stereocenters.